The SMILES string of the molecule is N#Cc1ccccc1S(=O)(=O)NCc1ccc2c(c1)CCCO2. The van der Waals surface area contributed by atoms with Gasteiger partial charge in [-0.2, -0.15) is 5.26 Å². The van der Waals surface area contributed by atoms with E-state index in [2.05, 4.69) is 4.72 Å². The minimum atomic E-state index is -3.73. The molecule has 0 bridgehead atoms. The highest BCUT2D eigenvalue weighted by atomic mass is 32.2. The van der Waals surface area contributed by atoms with E-state index in [-0.39, 0.29) is 17.0 Å². The van der Waals surface area contributed by atoms with Crippen molar-refractivity contribution in [1.29, 1.82) is 5.26 Å². The molecule has 1 aliphatic heterocycles. The first kappa shape index (κ1) is 15.5. The molecule has 0 radical (unpaired) electrons. The lowest BCUT2D eigenvalue weighted by molar-refractivity contribution is 0.288. The van der Waals surface area contributed by atoms with E-state index in [0.717, 1.165) is 36.3 Å². The van der Waals surface area contributed by atoms with E-state index in [1.165, 1.54) is 12.1 Å². The van der Waals surface area contributed by atoms with Crippen LogP contribution >= 0.6 is 0 Å². The molecule has 1 aliphatic rings. The van der Waals surface area contributed by atoms with Crippen molar-refractivity contribution in [3.63, 3.8) is 0 Å². The molecule has 0 fully saturated rings. The zero-order valence-electron chi connectivity index (χ0n) is 12.5. The lowest BCUT2D eigenvalue weighted by atomic mass is 10.0. The fourth-order valence-corrected chi connectivity index (χ4v) is 3.75. The first-order valence-corrected chi connectivity index (χ1v) is 8.82. The molecule has 0 amide bonds. The Morgan fingerprint density at radius 1 is 1.22 bits per heavy atom. The van der Waals surface area contributed by atoms with Gasteiger partial charge in [0, 0.05) is 6.54 Å². The molecule has 2 aromatic carbocycles. The summed E-state index contributed by atoms with van der Waals surface area (Å²) < 4.78 is 32.9. The molecule has 2 aromatic rings. The van der Waals surface area contributed by atoms with Crippen LogP contribution in [0.3, 0.4) is 0 Å². The van der Waals surface area contributed by atoms with Gasteiger partial charge >= 0.3 is 0 Å². The Kier molecular flexibility index (Phi) is 4.33. The second-order valence-electron chi connectivity index (χ2n) is 5.33. The van der Waals surface area contributed by atoms with Crippen LogP contribution in [0, 0.1) is 11.3 Å². The molecule has 0 unspecified atom stereocenters. The van der Waals surface area contributed by atoms with Crippen LogP contribution in [-0.2, 0) is 23.0 Å². The third-order valence-corrected chi connectivity index (χ3v) is 5.20. The number of ether oxygens (including phenoxy) is 1. The quantitative estimate of drug-likeness (QED) is 0.934. The Balaban J connectivity index is 1.78. The van der Waals surface area contributed by atoms with Crippen LogP contribution in [-0.4, -0.2) is 15.0 Å². The molecule has 3 rings (SSSR count). The number of nitrogens with one attached hydrogen (secondary N) is 1. The maximum atomic E-state index is 12.4. The molecule has 0 saturated heterocycles. The van der Waals surface area contributed by atoms with Crippen molar-refractivity contribution in [2.24, 2.45) is 0 Å². The van der Waals surface area contributed by atoms with Gasteiger partial charge in [-0.1, -0.05) is 24.3 Å². The number of nitrogens with zero attached hydrogens (tertiary/aromatic N) is 1. The lowest BCUT2D eigenvalue weighted by Gasteiger charge is -2.18. The minimum Gasteiger partial charge on any atom is -0.493 e. The van der Waals surface area contributed by atoms with E-state index < -0.39 is 10.0 Å². The van der Waals surface area contributed by atoms with Crippen molar-refractivity contribution in [3.8, 4) is 11.8 Å². The summed E-state index contributed by atoms with van der Waals surface area (Å²) >= 11 is 0. The van der Waals surface area contributed by atoms with Crippen LogP contribution in [0.1, 0.15) is 23.1 Å². The van der Waals surface area contributed by atoms with Crippen molar-refractivity contribution in [3.05, 3.63) is 59.2 Å². The molecule has 6 heteroatoms. The molecule has 5 nitrogen and oxygen atoms in total. The molecule has 1 heterocycles. The third kappa shape index (κ3) is 3.36. The Labute approximate surface area is 135 Å². The molecule has 1 N–H and O–H groups in total. The summed E-state index contributed by atoms with van der Waals surface area (Å²) in [5, 5.41) is 9.04. The number of hydrogen-bond acceptors (Lipinski definition) is 4. The molecular weight excluding hydrogens is 312 g/mol. The van der Waals surface area contributed by atoms with Gasteiger partial charge in [0.1, 0.15) is 11.8 Å². The number of hydrogen-bond donors (Lipinski definition) is 1. The number of benzene rings is 2. The highest BCUT2D eigenvalue weighted by Crippen LogP contribution is 2.25. The average molecular weight is 328 g/mol. The number of nitriles is 1. The van der Waals surface area contributed by atoms with Crippen molar-refractivity contribution >= 4 is 10.0 Å². The summed E-state index contributed by atoms with van der Waals surface area (Å²) in [6.45, 7) is 0.902. The zero-order chi connectivity index (χ0) is 16.3. The molecule has 0 atom stereocenters. The van der Waals surface area contributed by atoms with Crippen molar-refractivity contribution in [1.82, 2.24) is 4.72 Å². The van der Waals surface area contributed by atoms with Gasteiger partial charge in [-0.25, -0.2) is 13.1 Å². The van der Waals surface area contributed by atoms with Gasteiger partial charge in [0.2, 0.25) is 10.0 Å². The highest BCUT2D eigenvalue weighted by Gasteiger charge is 2.18. The van der Waals surface area contributed by atoms with Crippen LogP contribution in [0.5, 0.6) is 5.75 Å². The summed E-state index contributed by atoms with van der Waals surface area (Å²) in [7, 11) is -3.73. The normalized spacial score (nSPS) is 13.7. The maximum absolute atomic E-state index is 12.4. The van der Waals surface area contributed by atoms with Gasteiger partial charge in [0.15, 0.2) is 0 Å². The maximum Gasteiger partial charge on any atom is 0.242 e. The van der Waals surface area contributed by atoms with Crippen LogP contribution in [0.15, 0.2) is 47.4 Å². The Morgan fingerprint density at radius 3 is 2.87 bits per heavy atom. The third-order valence-electron chi connectivity index (χ3n) is 3.74. The summed E-state index contributed by atoms with van der Waals surface area (Å²) in [6.07, 6.45) is 1.91. The second kappa shape index (κ2) is 6.41. The monoisotopic (exact) mass is 328 g/mol. The van der Waals surface area contributed by atoms with Gasteiger partial charge < -0.3 is 4.74 Å². The molecule has 0 aromatic heterocycles. The Bertz CT molecular complexity index is 870. The van der Waals surface area contributed by atoms with Crippen LogP contribution in [0.2, 0.25) is 0 Å². The number of rotatable bonds is 4. The molecule has 23 heavy (non-hydrogen) atoms. The molecule has 118 valence electrons. The fourth-order valence-electron chi connectivity index (χ4n) is 2.57. The topological polar surface area (TPSA) is 79.2 Å². The number of sulfonamides is 1. The van der Waals surface area contributed by atoms with Crippen LogP contribution in [0.4, 0.5) is 0 Å². The average Bonchev–Trinajstić information content (AvgIpc) is 2.60. The Morgan fingerprint density at radius 2 is 2.04 bits per heavy atom. The minimum absolute atomic E-state index is 0.00351. The van der Waals surface area contributed by atoms with Gasteiger partial charge in [0.05, 0.1) is 17.1 Å². The Hall–Kier alpha value is -2.36. The van der Waals surface area contributed by atoms with E-state index in [1.807, 2.05) is 24.3 Å². The van der Waals surface area contributed by atoms with E-state index in [4.69, 9.17) is 10.00 Å². The van der Waals surface area contributed by atoms with E-state index >= 15 is 0 Å². The first-order chi connectivity index (χ1) is 11.1. The van der Waals surface area contributed by atoms with E-state index in [1.54, 1.807) is 12.1 Å². The number of fused-ring (bicyclic) bond motifs is 1. The molecule has 0 saturated carbocycles. The standard InChI is InChI=1S/C17H16N2O3S/c18-11-15-4-1-2-6-17(15)23(20,21)19-12-13-7-8-16-14(10-13)5-3-9-22-16/h1-2,4,6-8,10,19H,3,5,9,12H2. The summed E-state index contributed by atoms with van der Waals surface area (Å²) in [6, 6.07) is 13.8. The first-order valence-electron chi connectivity index (χ1n) is 7.33. The summed E-state index contributed by atoms with van der Waals surface area (Å²) in [4.78, 5) is 0.00351. The summed E-state index contributed by atoms with van der Waals surface area (Å²) in [5.74, 6) is 0.873. The van der Waals surface area contributed by atoms with Gasteiger partial charge in [-0.05, 0) is 42.2 Å². The van der Waals surface area contributed by atoms with Gasteiger partial charge in [0.25, 0.3) is 0 Å². The van der Waals surface area contributed by atoms with E-state index in [0.29, 0.717) is 0 Å². The van der Waals surface area contributed by atoms with Gasteiger partial charge in [-0.15, -0.1) is 0 Å². The van der Waals surface area contributed by atoms with Crippen molar-refractivity contribution in [2.45, 2.75) is 24.3 Å². The second-order valence-corrected chi connectivity index (χ2v) is 7.06. The molecule has 0 aliphatic carbocycles. The smallest absolute Gasteiger partial charge is 0.242 e. The van der Waals surface area contributed by atoms with E-state index in [9.17, 15) is 8.42 Å². The summed E-state index contributed by atoms with van der Waals surface area (Å²) in [5.41, 5.74) is 2.11. The highest BCUT2D eigenvalue weighted by molar-refractivity contribution is 7.89. The number of aryl methyl sites for hydroxylation is 1. The van der Waals surface area contributed by atoms with Gasteiger partial charge in [-0.3, -0.25) is 0 Å². The zero-order valence-corrected chi connectivity index (χ0v) is 13.3. The van der Waals surface area contributed by atoms with Crippen LogP contribution < -0.4 is 9.46 Å². The predicted octanol–water partition coefficient (Wildman–Crippen LogP) is 2.36. The largest absolute Gasteiger partial charge is 0.493 e. The van der Waals surface area contributed by atoms with Crippen molar-refractivity contribution in [2.75, 3.05) is 6.61 Å². The predicted molar refractivity (Wildman–Crippen MR) is 85.4 cm³/mol. The van der Waals surface area contributed by atoms with Crippen molar-refractivity contribution < 1.29 is 13.2 Å². The fraction of sp³-hybridized carbons (Fsp3) is 0.235. The molecule has 0 spiro atoms. The lowest BCUT2D eigenvalue weighted by Crippen LogP contribution is -2.24. The molecular formula is C17H16N2O3S. The van der Waals surface area contributed by atoms with Crippen LogP contribution in [0.25, 0.3) is 0 Å².